The summed E-state index contributed by atoms with van der Waals surface area (Å²) in [5.41, 5.74) is 0. The molecule has 19 heavy (non-hydrogen) atoms. The van der Waals surface area contributed by atoms with Gasteiger partial charge in [0, 0.05) is 31.6 Å². The van der Waals surface area contributed by atoms with Crippen LogP contribution in [0.4, 0.5) is 13.2 Å². The second-order valence-corrected chi connectivity index (χ2v) is 5.78. The Bertz CT molecular complexity index is 237. The largest absolute Gasteiger partial charge is 0.389 e. The first-order valence-corrected chi connectivity index (χ1v) is 7.39. The third kappa shape index (κ3) is 7.78. The van der Waals surface area contributed by atoms with Crippen LogP contribution in [0.1, 0.15) is 51.9 Å². The molecule has 0 bridgehead atoms. The minimum absolute atomic E-state index is 0.166. The average Bonchev–Trinajstić information content (AvgIpc) is 2.80. The van der Waals surface area contributed by atoms with E-state index in [0.717, 1.165) is 13.1 Å². The lowest BCUT2D eigenvalue weighted by Gasteiger charge is -2.25. The van der Waals surface area contributed by atoms with Crippen molar-refractivity contribution >= 4 is 0 Å². The third-order valence-corrected chi connectivity index (χ3v) is 4.00. The van der Waals surface area contributed by atoms with Crippen molar-refractivity contribution in [2.24, 2.45) is 0 Å². The van der Waals surface area contributed by atoms with E-state index in [1.165, 1.54) is 25.7 Å². The Morgan fingerprint density at radius 1 is 1.26 bits per heavy atom. The van der Waals surface area contributed by atoms with Crippen LogP contribution in [0.15, 0.2) is 0 Å². The fraction of sp³-hybridized carbons (Fsp3) is 1.00. The maximum atomic E-state index is 12.0. The molecule has 0 aromatic carbocycles. The lowest BCUT2D eigenvalue weighted by molar-refractivity contribution is -0.135. The average molecular weight is 280 g/mol. The number of nitrogens with zero attached hydrogens (tertiary/aromatic N) is 1. The second-order valence-electron chi connectivity index (χ2n) is 5.78. The van der Waals surface area contributed by atoms with Crippen LogP contribution in [0.2, 0.25) is 0 Å². The predicted molar refractivity (Wildman–Crippen MR) is 72.3 cm³/mol. The zero-order valence-corrected chi connectivity index (χ0v) is 12.1. The topological polar surface area (TPSA) is 15.3 Å². The molecular formula is C14H27F3N2. The summed E-state index contributed by atoms with van der Waals surface area (Å²) in [5, 5.41) is 3.31. The zero-order valence-electron chi connectivity index (χ0n) is 12.1. The van der Waals surface area contributed by atoms with Crippen LogP contribution in [0, 0.1) is 0 Å². The van der Waals surface area contributed by atoms with Gasteiger partial charge in [0.2, 0.25) is 0 Å². The minimum atomic E-state index is -4.01. The predicted octanol–water partition coefficient (Wildman–Crippen LogP) is 3.57. The van der Waals surface area contributed by atoms with Crippen molar-refractivity contribution in [1.29, 1.82) is 0 Å². The molecule has 1 aliphatic carbocycles. The standard InChI is InChI=1S/C14H27F3N2/c1-12(6-5-9-14(15,16)17)18-10-11-19(2)13-7-3-4-8-13/h12-13,18H,3-11H2,1-2H3. The normalized spacial score (nSPS) is 19.3. The van der Waals surface area contributed by atoms with Crippen molar-refractivity contribution in [1.82, 2.24) is 10.2 Å². The molecule has 0 aromatic rings. The fourth-order valence-corrected chi connectivity index (χ4v) is 2.73. The van der Waals surface area contributed by atoms with E-state index in [9.17, 15) is 13.2 Å². The van der Waals surface area contributed by atoms with Gasteiger partial charge >= 0.3 is 6.18 Å². The van der Waals surface area contributed by atoms with Gasteiger partial charge < -0.3 is 10.2 Å². The van der Waals surface area contributed by atoms with Crippen LogP contribution in [-0.4, -0.2) is 43.3 Å². The molecule has 0 amide bonds. The summed E-state index contributed by atoms with van der Waals surface area (Å²) in [6, 6.07) is 0.877. The zero-order chi connectivity index (χ0) is 14.3. The Hall–Kier alpha value is -0.290. The second kappa shape index (κ2) is 8.10. The van der Waals surface area contributed by atoms with Gasteiger partial charge in [-0.1, -0.05) is 12.8 Å². The molecule has 1 N–H and O–H groups in total. The van der Waals surface area contributed by atoms with E-state index in [0.29, 0.717) is 12.5 Å². The summed E-state index contributed by atoms with van der Waals surface area (Å²) in [6.45, 7) is 3.81. The number of rotatable bonds is 8. The van der Waals surface area contributed by atoms with E-state index in [1.54, 1.807) is 0 Å². The summed E-state index contributed by atoms with van der Waals surface area (Å²) >= 11 is 0. The first-order valence-electron chi connectivity index (χ1n) is 7.39. The molecule has 114 valence electrons. The monoisotopic (exact) mass is 280 g/mol. The maximum Gasteiger partial charge on any atom is 0.389 e. The van der Waals surface area contributed by atoms with Gasteiger partial charge in [-0.3, -0.25) is 0 Å². The summed E-state index contributed by atoms with van der Waals surface area (Å²) in [5.74, 6) is 0. The van der Waals surface area contributed by atoms with Crippen LogP contribution >= 0.6 is 0 Å². The number of alkyl halides is 3. The highest BCUT2D eigenvalue weighted by molar-refractivity contribution is 4.75. The Morgan fingerprint density at radius 3 is 2.47 bits per heavy atom. The van der Waals surface area contributed by atoms with Crippen LogP contribution in [0.5, 0.6) is 0 Å². The molecule has 1 atom stereocenters. The van der Waals surface area contributed by atoms with E-state index >= 15 is 0 Å². The van der Waals surface area contributed by atoms with E-state index in [-0.39, 0.29) is 12.5 Å². The van der Waals surface area contributed by atoms with Crippen molar-refractivity contribution in [3.05, 3.63) is 0 Å². The Kier molecular flexibility index (Phi) is 7.15. The maximum absolute atomic E-state index is 12.0. The lowest BCUT2D eigenvalue weighted by Crippen LogP contribution is -2.38. The molecule has 1 fully saturated rings. The van der Waals surface area contributed by atoms with Crippen LogP contribution in [0.25, 0.3) is 0 Å². The molecule has 0 heterocycles. The van der Waals surface area contributed by atoms with Crippen LogP contribution < -0.4 is 5.32 Å². The van der Waals surface area contributed by atoms with Crippen LogP contribution in [0.3, 0.4) is 0 Å². The van der Waals surface area contributed by atoms with Gasteiger partial charge in [0.05, 0.1) is 0 Å². The number of hydrogen-bond acceptors (Lipinski definition) is 2. The molecule has 5 heteroatoms. The minimum Gasteiger partial charge on any atom is -0.313 e. The molecule has 1 rings (SSSR count). The third-order valence-electron chi connectivity index (χ3n) is 4.00. The summed E-state index contributed by atoms with van der Waals surface area (Å²) in [7, 11) is 2.14. The molecule has 0 spiro atoms. The van der Waals surface area contributed by atoms with Gasteiger partial charge in [-0.25, -0.2) is 0 Å². The van der Waals surface area contributed by atoms with Crippen molar-refractivity contribution in [3.8, 4) is 0 Å². The number of hydrogen-bond donors (Lipinski definition) is 1. The molecular weight excluding hydrogens is 253 g/mol. The van der Waals surface area contributed by atoms with Gasteiger partial charge in [0.15, 0.2) is 0 Å². The lowest BCUT2D eigenvalue weighted by atomic mass is 10.1. The van der Waals surface area contributed by atoms with E-state index in [2.05, 4.69) is 17.3 Å². The SMILES string of the molecule is CC(CCCC(F)(F)F)NCCN(C)C1CCCC1. The summed E-state index contributed by atoms with van der Waals surface area (Å²) in [6.07, 6.45) is 1.37. The van der Waals surface area contributed by atoms with Crippen molar-refractivity contribution in [2.75, 3.05) is 20.1 Å². The molecule has 0 aliphatic heterocycles. The highest BCUT2D eigenvalue weighted by Gasteiger charge is 2.26. The quantitative estimate of drug-likeness (QED) is 0.731. The molecule has 2 nitrogen and oxygen atoms in total. The summed E-state index contributed by atoms with van der Waals surface area (Å²) < 4.78 is 36.0. The Balaban J connectivity index is 2.01. The van der Waals surface area contributed by atoms with Gasteiger partial charge in [-0.05, 0) is 39.7 Å². The molecule has 0 saturated heterocycles. The van der Waals surface area contributed by atoms with Gasteiger partial charge in [-0.15, -0.1) is 0 Å². The van der Waals surface area contributed by atoms with Crippen molar-refractivity contribution < 1.29 is 13.2 Å². The molecule has 0 aromatic heterocycles. The summed E-state index contributed by atoms with van der Waals surface area (Å²) in [4.78, 5) is 2.38. The van der Waals surface area contributed by atoms with Crippen molar-refractivity contribution in [2.45, 2.75) is 70.1 Å². The Morgan fingerprint density at radius 2 is 1.89 bits per heavy atom. The van der Waals surface area contributed by atoms with E-state index in [4.69, 9.17) is 0 Å². The molecule has 1 saturated carbocycles. The van der Waals surface area contributed by atoms with Gasteiger partial charge in [0.25, 0.3) is 0 Å². The van der Waals surface area contributed by atoms with E-state index in [1.807, 2.05) is 6.92 Å². The highest BCUT2D eigenvalue weighted by Crippen LogP contribution is 2.23. The highest BCUT2D eigenvalue weighted by atomic mass is 19.4. The first-order chi connectivity index (χ1) is 8.88. The smallest absolute Gasteiger partial charge is 0.313 e. The molecule has 1 aliphatic rings. The molecule has 0 radical (unpaired) electrons. The molecule has 1 unspecified atom stereocenters. The number of nitrogens with one attached hydrogen (secondary N) is 1. The first kappa shape index (κ1) is 16.8. The Labute approximate surface area is 114 Å². The van der Waals surface area contributed by atoms with Gasteiger partial charge in [0.1, 0.15) is 0 Å². The number of halogens is 3. The number of likely N-dealkylation sites (N-methyl/N-ethyl adjacent to an activating group) is 1. The van der Waals surface area contributed by atoms with Crippen LogP contribution in [-0.2, 0) is 0 Å². The van der Waals surface area contributed by atoms with Crippen molar-refractivity contribution in [3.63, 3.8) is 0 Å². The van der Waals surface area contributed by atoms with E-state index < -0.39 is 12.6 Å². The fourth-order valence-electron chi connectivity index (χ4n) is 2.73. The van der Waals surface area contributed by atoms with Gasteiger partial charge in [-0.2, -0.15) is 13.2 Å².